The molecule has 1 atom stereocenters. The van der Waals surface area contributed by atoms with Crippen LogP contribution >= 0.6 is 15.9 Å². The van der Waals surface area contributed by atoms with E-state index >= 15 is 0 Å². The van der Waals surface area contributed by atoms with Crippen molar-refractivity contribution < 1.29 is 9.52 Å². The zero-order valence-corrected chi connectivity index (χ0v) is 11.6. The van der Waals surface area contributed by atoms with E-state index in [4.69, 9.17) is 4.42 Å². The Morgan fingerprint density at radius 2 is 1.83 bits per heavy atom. The summed E-state index contributed by atoms with van der Waals surface area (Å²) in [4.78, 5) is 0. The molecule has 0 radical (unpaired) electrons. The quantitative estimate of drug-likeness (QED) is 0.912. The van der Waals surface area contributed by atoms with Crippen LogP contribution in [0.25, 0.3) is 0 Å². The molecule has 1 aliphatic carbocycles. The highest BCUT2D eigenvalue weighted by Crippen LogP contribution is 2.37. The molecule has 94 valence electrons. The Morgan fingerprint density at radius 1 is 1.11 bits per heavy atom. The van der Waals surface area contributed by atoms with Crippen molar-refractivity contribution in [1.29, 1.82) is 0 Å². The molecule has 0 bridgehead atoms. The Balaban J connectivity index is 1.79. The Kier molecular flexibility index (Phi) is 3.27. The fourth-order valence-electron chi connectivity index (χ4n) is 2.33. The van der Waals surface area contributed by atoms with Crippen molar-refractivity contribution in [2.24, 2.45) is 0 Å². The molecule has 0 spiro atoms. The molecule has 18 heavy (non-hydrogen) atoms. The molecule has 0 amide bonds. The first-order valence-electron chi connectivity index (χ1n) is 6.27. The summed E-state index contributed by atoms with van der Waals surface area (Å²) in [7, 11) is 0. The van der Waals surface area contributed by atoms with Gasteiger partial charge in [-0.05, 0) is 57.9 Å². The maximum Gasteiger partial charge on any atom is 0.169 e. The van der Waals surface area contributed by atoms with E-state index in [1.165, 1.54) is 24.8 Å². The fraction of sp³-hybridized carbons (Fsp3) is 0.333. The van der Waals surface area contributed by atoms with E-state index in [9.17, 15) is 5.11 Å². The monoisotopic (exact) mass is 306 g/mol. The molecule has 2 aromatic rings. The largest absolute Gasteiger partial charge is 0.451 e. The average Bonchev–Trinajstić information content (AvgIpc) is 2.74. The maximum absolute atomic E-state index is 10.2. The van der Waals surface area contributed by atoms with E-state index in [1.54, 1.807) is 12.1 Å². The second-order valence-corrected chi connectivity index (χ2v) is 5.62. The lowest BCUT2D eigenvalue weighted by Gasteiger charge is -2.26. The third kappa shape index (κ3) is 2.25. The van der Waals surface area contributed by atoms with Gasteiger partial charge in [-0.25, -0.2) is 0 Å². The molecule has 0 aliphatic heterocycles. The van der Waals surface area contributed by atoms with Gasteiger partial charge in [-0.15, -0.1) is 0 Å². The van der Waals surface area contributed by atoms with Gasteiger partial charge in [0.15, 0.2) is 4.67 Å². The standard InChI is InChI=1S/C15H15BrO2/c16-14-9-8-13(18-14)15(17)12-6-4-11(5-7-12)10-2-1-3-10/h4-10,15,17H,1-3H2. The van der Waals surface area contributed by atoms with Gasteiger partial charge in [0.2, 0.25) is 0 Å². The van der Waals surface area contributed by atoms with Crippen LogP contribution < -0.4 is 0 Å². The van der Waals surface area contributed by atoms with Gasteiger partial charge in [-0.3, -0.25) is 0 Å². The predicted molar refractivity (Wildman–Crippen MR) is 73.5 cm³/mol. The van der Waals surface area contributed by atoms with Crippen LogP contribution in [0.5, 0.6) is 0 Å². The van der Waals surface area contributed by atoms with Crippen molar-refractivity contribution in [3.8, 4) is 0 Å². The summed E-state index contributed by atoms with van der Waals surface area (Å²) in [6.45, 7) is 0. The summed E-state index contributed by atoms with van der Waals surface area (Å²) in [5.41, 5.74) is 2.26. The van der Waals surface area contributed by atoms with E-state index in [0.717, 1.165) is 11.5 Å². The lowest BCUT2D eigenvalue weighted by atomic mass is 9.80. The van der Waals surface area contributed by atoms with Crippen molar-refractivity contribution in [1.82, 2.24) is 0 Å². The first-order valence-corrected chi connectivity index (χ1v) is 7.06. The topological polar surface area (TPSA) is 33.4 Å². The summed E-state index contributed by atoms with van der Waals surface area (Å²) in [6.07, 6.45) is 3.25. The molecule has 0 saturated heterocycles. The fourth-order valence-corrected chi connectivity index (χ4v) is 2.65. The zero-order chi connectivity index (χ0) is 12.5. The third-order valence-corrected chi connectivity index (χ3v) is 4.12. The van der Waals surface area contributed by atoms with Gasteiger partial charge >= 0.3 is 0 Å². The first-order chi connectivity index (χ1) is 8.74. The number of hydrogen-bond acceptors (Lipinski definition) is 2. The van der Waals surface area contributed by atoms with Gasteiger partial charge in [0.25, 0.3) is 0 Å². The summed E-state index contributed by atoms with van der Waals surface area (Å²) >= 11 is 3.24. The van der Waals surface area contributed by atoms with Crippen molar-refractivity contribution in [2.75, 3.05) is 0 Å². The van der Waals surface area contributed by atoms with Crippen LogP contribution in [0.2, 0.25) is 0 Å². The van der Waals surface area contributed by atoms with E-state index in [-0.39, 0.29) is 0 Å². The van der Waals surface area contributed by atoms with Gasteiger partial charge in [0.1, 0.15) is 11.9 Å². The van der Waals surface area contributed by atoms with E-state index in [1.807, 2.05) is 12.1 Å². The minimum Gasteiger partial charge on any atom is -0.451 e. The van der Waals surface area contributed by atoms with Gasteiger partial charge in [-0.1, -0.05) is 30.7 Å². The van der Waals surface area contributed by atoms with Gasteiger partial charge in [0, 0.05) is 0 Å². The molecule has 1 fully saturated rings. The molecule has 1 aromatic carbocycles. The number of rotatable bonds is 3. The summed E-state index contributed by atoms with van der Waals surface area (Å²) in [5, 5.41) is 10.2. The number of furan rings is 1. The highest BCUT2D eigenvalue weighted by molar-refractivity contribution is 9.10. The first kappa shape index (κ1) is 12.0. The number of benzene rings is 1. The van der Waals surface area contributed by atoms with Crippen LogP contribution in [0.15, 0.2) is 45.5 Å². The molecule has 3 rings (SSSR count). The molecule has 2 nitrogen and oxygen atoms in total. The zero-order valence-electron chi connectivity index (χ0n) is 9.97. The van der Waals surface area contributed by atoms with Gasteiger partial charge in [-0.2, -0.15) is 0 Å². The van der Waals surface area contributed by atoms with Crippen molar-refractivity contribution in [2.45, 2.75) is 31.3 Å². The van der Waals surface area contributed by atoms with Gasteiger partial charge in [0.05, 0.1) is 0 Å². The molecule has 1 N–H and O–H groups in total. The van der Waals surface area contributed by atoms with Crippen LogP contribution in [-0.2, 0) is 0 Å². The van der Waals surface area contributed by atoms with Crippen molar-refractivity contribution >= 4 is 15.9 Å². The van der Waals surface area contributed by atoms with Crippen molar-refractivity contribution in [3.05, 3.63) is 58.0 Å². The highest BCUT2D eigenvalue weighted by Gasteiger charge is 2.20. The predicted octanol–water partition coefficient (Wildman–Crippen LogP) is 4.39. The van der Waals surface area contributed by atoms with Crippen LogP contribution in [0.4, 0.5) is 0 Å². The normalized spacial score (nSPS) is 17.4. The van der Waals surface area contributed by atoms with E-state index < -0.39 is 6.10 Å². The molecular formula is C15H15BrO2. The second kappa shape index (κ2) is 4.90. The molecule has 1 aliphatic rings. The molecule has 1 unspecified atom stereocenters. The summed E-state index contributed by atoms with van der Waals surface area (Å²) in [5.74, 6) is 1.30. The summed E-state index contributed by atoms with van der Waals surface area (Å²) in [6, 6.07) is 11.8. The number of hydrogen-bond donors (Lipinski definition) is 1. The minimum atomic E-state index is -0.688. The highest BCUT2D eigenvalue weighted by atomic mass is 79.9. The Labute approximate surface area is 115 Å². The van der Waals surface area contributed by atoms with Crippen LogP contribution in [0, 0.1) is 0 Å². The van der Waals surface area contributed by atoms with E-state index in [2.05, 4.69) is 28.1 Å². The Morgan fingerprint density at radius 3 is 2.33 bits per heavy atom. The molecule has 1 saturated carbocycles. The van der Waals surface area contributed by atoms with Gasteiger partial charge < -0.3 is 9.52 Å². The smallest absolute Gasteiger partial charge is 0.169 e. The van der Waals surface area contributed by atoms with E-state index in [0.29, 0.717) is 10.4 Å². The third-order valence-electron chi connectivity index (χ3n) is 3.69. The van der Waals surface area contributed by atoms with Crippen LogP contribution in [-0.4, -0.2) is 5.11 Å². The lowest BCUT2D eigenvalue weighted by molar-refractivity contribution is 0.187. The molecule has 1 heterocycles. The van der Waals surface area contributed by atoms with Crippen LogP contribution in [0.3, 0.4) is 0 Å². The van der Waals surface area contributed by atoms with Crippen molar-refractivity contribution in [3.63, 3.8) is 0 Å². The second-order valence-electron chi connectivity index (χ2n) is 4.84. The number of aliphatic hydroxyl groups is 1. The number of aliphatic hydroxyl groups excluding tert-OH is 1. The maximum atomic E-state index is 10.2. The summed E-state index contributed by atoms with van der Waals surface area (Å²) < 4.78 is 6.02. The molecule has 1 aromatic heterocycles. The Bertz CT molecular complexity index is 526. The lowest BCUT2D eigenvalue weighted by Crippen LogP contribution is -2.08. The average molecular weight is 307 g/mol. The minimum absolute atomic E-state index is 0.568. The number of halogens is 1. The SMILES string of the molecule is OC(c1ccc(C2CCC2)cc1)c1ccc(Br)o1. The molecular weight excluding hydrogens is 292 g/mol. The molecule has 3 heteroatoms. The van der Waals surface area contributed by atoms with Crippen LogP contribution in [0.1, 0.15) is 48.2 Å². The Hall–Kier alpha value is -1.06.